The summed E-state index contributed by atoms with van der Waals surface area (Å²) in [7, 11) is 0. The largest absolute Gasteiger partial charge is 0.379 e. The molecule has 4 N–H and O–H groups in total. The van der Waals surface area contributed by atoms with Gasteiger partial charge in [0.1, 0.15) is 28.1 Å². The summed E-state index contributed by atoms with van der Waals surface area (Å²) in [6, 6.07) is 39.9. The highest BCUT2D eigenvalue weighted by molar-refractivity contribution is 8.24. The van der Waals surface area contributed by atoms with E-state index in [1.807, 2.05) is 115 Å². The number of halogens is 4. The Morgan fingerprint density at radius 1 is 0.562 bits per heavy atom. The van der Waals surface area contributed by atoms with E-state index in [0.29, 0.717) is 39.2 Å². The van der Waals surface area contributed by atoms with E-state index in [2.05, 4.69) is 94.8 Å². The number of anilines is 1. The van der Waals surface area contributed by atoms with Gasteiger partial charge >= 0.3 is 5.20 Å². The third-order valence-electron chi connectivity index (χ3n) is 10.8. The summed E-state index contributed by atoms with van der Waals surface area (Å²) in [6.07, 6.45) is 5.14. The van der Waals surface area contributed by atoms with Gasteiger partial charge in [-0.1, -0.05) is 66.2 Å². The second-order valence-electron chi connectivity index (χ2n) is 15.9. The molecule has 11 rings (SSSR count). The number of fused-ring (bicyclic) bond motifs is 3. The van der Waals surface area contributed by atoms with Gasteiger partial charge in [0.2, 0.25) is 0 Å². The molecule has 2 aliphatic rings. The van der Waals surface area contributed by atoms with E-state index in [9.17, 15) is 9.36 Å². The van der Waals surface area contributed by atoms with Gasteiger partial charge in [0.15, 0.2) is 17.5 Å². The predicted molar refractivity (Wildman–Crippen MR) is 293 cm³/mol. The summed E-state index contributed by atoms with van der Waals surface area (Å²) in [4.78, 5) is 54.6. The molecule has 73 heavy (non-hydrogen) atoms. The van der Waals surface area contributed by atoms with Gasteiger partial charge in [-0.15, -0.1) is 0 Å². The Balaban J connectivity index is 0.000000144. The first-order valence-corrected chi connectivity index (χ1v) is 28.0. The summed E-state index contributed by atoms with van der Waals surface area (Å²) >= 11 is 20.0. The molecule has 0 atom stereocenters. The Kier molecular flexibility index (Phi) is 21.3. The molecule has 0 saturated carbocycles. The minimum Gasteiger partial charge on any atom is -0.379 e. The van der Waals surface area contributed by atoms with Crippen molar-refractivity contribution in [2.24, 2.45) is 5.73 Å². The third kappa shape index (κ3) is 17.5. The molecule has 17 nitrogen and oxygen atoms in total. The lowest BCUT2D eigenvalue weighted by atomic mass is 10.2. The predicted octanol–water partition coefficient (Wildman–Crippen LogP) is 9.85. The van der Waals surface area contributed by atoms with Crippen molar-refractivity contribution >= 4 is 89.1 Å². The highest BCUT2D eigenvalue weighted by atomic mass is 36.0. The number of para-hydroxylation sites is 3. The molecule has 0 bridgehead atoms. The van der Waals surface area contributed by atoms with E-state index >= 15 is 0 Å². The number of hydrogen-bond donors (Lipinski definition) is 3. The summed E-state index contributed by atoms with van der Waals surface area (Å²) in [5.41, 5.74) is 9.83. The smallest absolute Gasteiger partial charge is 0.339 e. The fraction of sp³-hybridized carbons (Fsp3) is 0.235. The van der Waals surface area contributed by atoms with Crippen molar-refractivity contribution in [1.82, 2.24) is 54.7 Å². The van der Waals surface area contributed by atoms with Gasteiger partial charge < -0.3 is 25.5 Å². The van der Waals surface area contributed by atoms with Crippen molar-refractivity contribution in [2.75, 3.05) is 84.1 Å². The SMILES string of the molecule is Clc1nc(-c2ccccn2)nc2ccccc12.NCCN1CCOCC1.O=P(Cl)(Cl)Cl.O=c1[nH]c(-c2ccccn2)nc2ccccc12.c1ccc(-c2nc(NCCN3CCOCC3)c3ccccc3n2)nc1. The number of hydrogen-bond acceptors (Lipinski definition) is 16. The Morgan fingerprint density at radius 3 is 1.52 bits per heavy atom. The first-order chi connectivity index (χ1) is 35.5. The maximum atomic E-state index is 11.8. The van der Waals surface area contributed by atoms with Crippen molar-refractivity contribution in [2.45, 2.75) is 0 Å². The number of nitrogens with two attached hydrogens (primary N) is 1. The molecule has 2 fully saturated rings. The summed E-state index contributed by atoms with van der Waals surface area (Å²) in [5, 5.41) is 3.19. The quantitative estimate of drug-likeness (QED) is 0.0905. The lowest BCUT2D eigenvalue weighted by molar-refractivity contribution is 0.0394. The average molecular weight is 1080 g/mol. The maximum absolute atomic E-state index is 11.8. The third-order valence-corrected chi connectivity index (χ3v) is 11.1. The summed E-state index contributed by atoms with van der Waals surface area (Å²) in [6.45, 7) is 11.1. The number of aromatic amines is 1. The van der Waals surface area contributed by atoms with E-state index in [0.717, 1.165) is 118 Å². The normalized spacial score (nSPS) is 13.8. The Labute approximate surface area is 441 Å². The van der Waals surface area contributed by atoms with E-state index in [4.69, 9.17) is 31.8 Å². The van der Waals surface area contributed by atoms with Crippen LogP contribution in [0.2, 0.25) is 5.15 Å². The zero-order valence-electron chi connectivity index (χ0n) is 39.5. The summed E-state index contributed by atoms with van der Waals surface area (Å²) < 4.78 is 20.1. The van der Waals surface area contributed by atoms with Crippen molar-refractivity contribution in [1.29, 1.82) is 0 Å². The molecule has 0 spiro atoms. The highest BCUT2D eigenvalue weighted by Crippen LogP contribution is 2.61. The molecule has 9 aromatic rings. The monoisotopic (exact) mass is 1080 g/mol. The molecule has 2 saturated heterocycles. The minimum absolute atomic E-state index is 0.142. The van der Waals surface area contributed by atoms with Crippen molar-refractivity contribution in [3.63, 3.8) is 0 Å². The first kappa shape index (κ1) is 54.7. The van der Waals surface area contributed by atoms with Crippen molar-refractivity contribution in [3.05, 3.63) is 161 Å². The molecule has 0 amide bonds. The first-order valence-electron chi connectivity index (χ1n) is 23.2. The van der Waals surface area contributed by atoms with Crippen molar-refractivity contribution < 1.29 is 14.0 Å². The second kappa shape index (κ2) is 28.4. The zero-order valence-corrected chi connectivity index (χ0v) is 43.4. The molecule has 6 aromatic heterocycles. The van der Waals surface area contributed by atoms with Crippen LogP contribution in [0.3, 0.4) is 0 Å². The minimum atomic E-state index is -3.22. The van der Waals surface area contributed by atoms with Gasteiger partial charge in [0, 0.05) is 81.7 Å². The molecular weight excluding hydrogens is 1030 g/mol. The number of rotatable bonds is 9. The molecule has 2 aliphatic heterocycles. The van der Waals surface area contributed by atoms with Gasteiger partial charge in [-0.25, -0.2) is 24.9 Å². The van der Waals surface area contributed by atoms with Gasteiger partial charge in [-0.2, -0.15) is 0 Å². The lowest BCUT2D eigenvalue weighted by Crippen LogP contribution is -2.39. The summed E-state index contributed by atoms with van der Waals surface area (Å²) in [5.74, 6) is 2.55. The van der Waals surface area contributed by atoms with Gasteiger partial charge in [-0.05, 0) is 107 Å². The molecule has 0 radical (unpaired) electrons. The van der Waals surface area contributed by atoms with Crippen LogP contribution in [0.15, 0.2) is 151 Å². The van der Waals surface area contributed by atoms with Gasteiger partial charge in [0.05, 0.1) is 48.4 Å². The van der Waals surface area contributed by atoms with E-state index in [1.165, 1.54) is 0 Å². The molecule has 8 heterocycles. The molecule has 378 valence electrons. The van der Waals surface area contributed by atoms with Gasteiger partial charge in [-0.3, -0.25) is 34.1 Å². The number of pyridine rings is 3. The molecule has 22 heteroatoms. The van der Waals surface area contributed by atoms with Crippen LogP contribution in [0, 0.1) is 0 Å². The fourth-order valence-corrected chi connectivity index (χ4v) is 7.58. The van der Waals surface area contributed by atoms with Crippen LogP contribution in [0.5, 0.6) is 0 Å². The number of morpholine rings is 2. The average Bonchev–Trinajstić information content (AvgIpc) is 3.42. The Morgan fingerprint density at radius 2 is 1.00 bits per heavy atom. The van der Waals surface area contributed by atoms with Crippen LogP contribution in [-0.2, 0) is 14.0 Å². The number of H-pyrrole nitrogens is 1. The standard InChI is InChI=1S/C19H21N5O.C13H8ClN3.C13H9N3O.C6H14N2O.Cl3OP/c1-2-6-16-15(5-1)18(21-9-10-24-11-13-25-14-12-24)23-19(22-16)17-7-3-4-8-20-17;14-12-9-5-1-2-6-10(9)16-13(17-12)11-7-3-4-8-15-11;17-13-9-5-1-2-6-10(9)15-12(16-13)11-7-3-4-8-14-11;7-1-2-8-3-5-9-6-4-8;1-5(2,3)4/h1-8H,9-14H2,(H,21,22,23);1-8H;1-8H,(H,15,16,17);1-7H2;. The number of nitrogens with zero attached hydrogens (tertiary/aromatic N) is 10. The lowest BCUT2D eigenvalue weighted by Gasteiger charge is -2.26. The van der Waals surface area contributed by atoms with E-state index in [-0.39, 0.29) is 5.56 Å². The molecule has 0 unspecified atom stereocenters. The number of nitrogens with one attached hydrogen (secondary N) is 2. The Hall–Kier alpha value is -6.08. The van der Waals surface area contributed by atoms with Crippen LogP contribution in [0.1, 0.15) is 0 Å². The van der Waals surface area contributed by atoms with Gasteiger partial charge in [0.25, 0.3) is 5.56 Å². The van der Waals surface area contributed by atoms with Crippen LogP contribution in [0.4, 0.5) is 5.82 Å². The number of benzene rings is 3. The van der Waals surface area contributed by atoms with E-state index in [1.54, 1.807) is 24.7 Å². The second-order valence-corrected chi connectivity index (χ2v) is 22.9. The fourth-order valence-electron chi connectivity index (χ4n) is 7.34. The number of aromatic nitrogens is 9. The van der Waals surface area contributed by atoms with Crippen LogP contribution >= 0.6 is 50.5 Å². The highest BCUT2D eigenvalue weighted by Gasteiger charge is 2.14. The molecular formula is C51H52Cl4N13O4P. The van der Waals surface area contributed by atoms with Crippen LogP contribution < -0.4 is 16.6 Å². The molecule has 0 aliphatic carbocycles. The Bertz CT molecular complexity index is 3220. The number of ether oxygens (including phenoxy) is 2. The van der Waals surface area contributed by atoms with Crippen LogP contribution in [0.25, 0.3) is 67.3 Å². The maximum Gasteiger partial charge on any atom is 0.339 e. The van der Waals surface area contributed by atoms with Crippen molar-refractivity contribution in [3.8, 4) is 34.6 Å². The topological polar surface area (TPSA) is 216 Å². The van der Waals surface area contributed by atoms with Crippen LogP contribution in [-0.4, -0.2) is 133 Å². The molecule has 3 aromatic carbocycles. The van der Waals surface area contributed by atoms with E-state index < -0.39 is 5.20 Å². The zero-order chi connectivity index (χ0) is 51.3.